The van der Waals surface area contributed by atoms with Crippen LogP contribution in [0, 0.1) is 10.8 Å². The van der Waals surface area contributed by atoms with E-state index in [2.05, 4.69) is 19.2 Å². The number of carbonyl (C=O) groups is 1. The van der Waals surface area contributed by atoms with Gasteiger partial charge in [0.25, 0.3) is 0 Å². The number of amides is 1. The molecule has 0 radical (unpaired) electrons. The maximum Gasteiger partial charge on any atom is 0.231 e. The molecule has 136 valence electrons. The quantitative estimate of drug-likeness (QED) is 0.798. The normalized spacial score (nSPS) is 28.4. The van der Waals surface area contributed by atoms with Gasteiger partial charge in [0.1, 0.15) is 0 Å². The Labute approximate surface area is 146 Å². The first-order chi connectivity index (χ1) is 10.4. The summed E-state index contributed by atoms with van der Waals surface area (Å²) in [4.78, 5) is 15.1. The molecular formula is C17H33ClN2O3. The number of hydrogen-bond acceptors (Lipinski definition) is 4. The number of rotatable bonds is 6. The van der Waals surface area contributed by atoms with Gasteiger partial charge in [-0.05, 0) is 39.3 Å². The first-order valence-corrected chi connectivity index (χ1v) is 8.47. The molecule has 1 aliphatic carbocycles. The predicted octanol–water partition coefficient (Wildman–Crippen LogP) is 2.09. The van der Waals surface area contributed by atoms with Crippen molar-refractivity contribution in [3.8, 4) is 0 Å². The van der Waals surface area contributed by atoms with Crippen LogP contribution in [0.3, 0.4) is 0 Å². The number of carbonyl (C=O) groups excluding carboxylic acids is 1. The highest BCUT2D eigenvalue weighted by molar-refractivity contribution is 5.85. The molecule has 1 saturated carbocycles. The Morgan fingerprint density at radius 3 is 2.39 bits per heavy atom. The SMILES string of the molecule is CCOC1CC(N(C)C(=O)C2(COC)CCNCC2)C1(C)C.Cl. The van der Waals surface area contributed by atoms with E-state index in [9.17, 15) is 4.79 Å². The average molecular weight is 349 g/mol. The molecule has 2 atom stereocenters. The first kappa shape index (κ1) is 20.7. The number of nitrogens with one attached hydrogen (secondary N) is 1. The van der Waals surface area contributed by atoms with Gasteiger partial charge in [-0.1, -0.05) is 13.8 Å². The average Bonchev–Trinajstić information content (AvgIpc) is 2.51. The van der Waals surface area contributed by atoms with Crippen molar-refractivity contribution in [2.75, 3.05) is 40.5 Å². The van der Waals surface area contributed by atoms with Gasteiger partial charge in [0.2, 0.25) is 5.91 Å². The van der Waals surface area contributed by atoms with Crippen LogP contribution < -0.4 is 5.32 Å². The summed E-state index contributed by atoms with van der Waals surface area (Å²) >= 11 is 0. The summed E-state index contributed by atoms with van der Waals surface area (Å²) < 4.78 is 11.2. The second-order valence-corrected chi connectivity index (χ2v) is 7.40. The van der Waals surface area contributed by atoms with Gasteiger partial charge in [0.15, 0.2) is 0 Å². The molecule has 6 heteroatoms. The molecule has 2 fully saturated rings. The van der Waals surface area contributed by atoms with Gasteiger partial charge in [-0.25, -0.2) is 0 Å². The molecule has 0 aromatic rings. The molecule has 0 aromatic carbocycles. The fourth-order valence-corrected chi connectivity index (χ4v) is 4.12. The lowest BCUT2D eigenvalue weighted by Crippen LogP contribution is -2.65. The van der Waals surface area contributed by atoms with Crippen LogP contribution >= 0.6 is 12.4 Å². The monoisotopic (exact) mass is 348 g/mol. The minimum Gasteiger partial charge on any atom is -0.384 e. The number of methoxy groups -OCH3 is 1. The number of ether oxygens (including phenoxy) is 2. The van der Waals surface area contributed by atoms with Crippen molar-refractivity contribution in [1.29, 1.82) is 0 Å². The van der Waals surface area contributed by atoms with Crippen molar-refractivity contribution in [2.45, 2.75) is 52.2 Å². The van der Waals surface area contributed by atoms with E-state index in [1.165, 1.54) is 0 Å². The Morgan fingerprint density at radius 2 is 1.91 bits per heavy atom. The molecular weight excluding hydrogens is 316 g/mol. The van der Waals surface area contributed by atoms with E-state index < -0.39 is 0 Å². The number of hydrogen-bond donors (Lipinski definition) is 1. The summed E-state index contributed by atoms with van der Waals surface area (Å²) in [6.07, 6.45) is 2.90. The van der Waals surface area contributed by atoms with Crippen LogP contribution in [-0.2, 0) is 14.3 Å². The highest BCUT2D eigenvalue weighted by atomic mass is 35.5. The van der Waals surface area contributed by atoms with Crippen molar-refractivity contribution in [2.24, 2.45) is 10.8 Å². The third kappa shape index (κ3) is 3.84. The third-order valence-electron chi connectivity index (χ3n) is 5.72. The van der Waals surface area contributed by atoms with Crippen LogP contribution in [0.25, 0.3) is 0 Å². The van der Waals surface area contributed by atoms with Crippen LogP contribution in [0.1, 0.15) is 40.0 Å². The van der Waals surface area contributed by atoms with Gasteiger partial charge in [-0.3, -0.25) is 4.79 Å². The van der Waals surface area contributed by atoms with Crippen LogP contribution in [0.4, 0.5) is 0 Å². The Morgan fingerprint density at radius 1 is 1.30 bits per heavy atom. The topological polar surface area (TPSA) is 50.8 Å². The lowest BCUT2D eigenvalue weighted by atomic mass is 9.63. The van der Waals surface area contributed by atoms with Crippen molar-refractivity contribution < 1.29 is 14.3 Å². The van der Waals surface area contributed by atoms with E-state index >= 15 is 0 Å². The van der Waals surface area contributed by atoms with Gasteiger partial charge in [0, 0.05) is 32.2 Å². The summed E-state index contributed by atoms with van der Waals surface area (Å²) in [5.41, 5.74) is -0.344. The predicted molar refractivity (Wildman–Crippen MR) is 94.0 cm³/mol. The minimum absolute atomic E-state index is 0. The Hall–Kier alpha value is -0.360. The molecule has 2 rings (SSSR count). The standard InChI is InChI=1S/C17H32N2O3.ClH/c1-6-22-14-11-13(16(14,2)3)19(4)15(20)17(12-21-5)7-9-18-10-8-17;/h13-14,18H,6-12H2,1-5H3;1H. The van der Waals surface area contributed by atoms with Crippen LogP contribution in [-0.4, -0.2) is 63.4 Å². The van der Waals surface area contributed by atoms with Gasteiger partial charge in [-0.15, -0.1) is 12.4 Å². The van der Waals surface area contributed by atoms with Crippen molar-refractivity contribution in [3.05, 3.63) is 0 Å². The summed E-state index contributed by atoms with van der Waals surface area (Å²) in [5, 5.41) is 3.34. The summed E-state index contributed by atoms with van der Waals surface area (Å²) in [5.74, 6) is 0.240. The number of halogens is 1. The van der Waals surface area contributed by atoms with Crippen LogP contribution in [0.5, 0.6) is 0 Å². The van der Waals surface area contributed by atoms with E-state index in [0.717, 1.165) is 39.0 Å². The minimum atomic E-state index is -0.360. The van der Waals surface area contributed by atoms with Crippen molar-refractivity contribution >= 4 is 18.3 Å². The fraction of sp³-hybridized carbons (Fsp3) is 0.941. The molecule has 1 aliphatic heterocycles. The molecule has 1 heterocycles. The lowest BCUT2D eigenvalue weighted by molar-refractivity contribution is -0.174. The van der Waals surface area contributed by atoms with Crippen molar-refractivity contribution in [3.63, 3.8) is 0 Å². The van der Waals surface area contributed by atoms with Gasteiger partial charge < -0.3 is 19.7 Å². The van der Waals surface area contributed by atoms with E-state index in [-0.39, 0.29) is 41.3 Å². The molecule has 5 nitrogen and oxygen atoms in total. The molecule has 1 N–H and O–H groups in total. The van der Waals surface area contributed by atoms with Crippen molar-refractivity contribution in [1.82, 2.24) is 10.2 Å². The Balaban J connectivity index is 0.00000264. The highest BCUT2D eigenvalue weighted by Gasteiger charge is 2.54. The van der Waals surface area contributed by atoms with E-state index in [1.807, 2.05) is 18.9 Å². The Kier molecular flexibility index (Phi) is 7.33. The highest BCUT2D eigenvalue weighted by Crippen LogP contribution is 2.46. The fourth-order valence-electron chi connectivity index (χ4n) is 4.12. The molecule has 23 heavy (non-hydrogen) atoms. The zero-order valence-corrected chi connectivity index (χ0v) is 16.0. The second-order valence-electron chi connectivity index (χ2n) is 7.40. The number of piperidine rings is 1. The molecule has 2 unspecified atom stereocenters. The first-order valence-electron chi connectivity index (χ1n) is 8.47. The number of nitrogens with zero attached hydrogens (tertiary/aromatic N) is 1. The summed E-state index contributed by atoms with van der Waals surface area (Å²) in [7, 11) is 3.64. The van der Waals surface area contributed by atoms with E-state index in [4.69, 9.17) is 9.47 Å². The zero-order chi connectivity index (χ0) is 16.4. The molecule has 1 saturated heterocycles. The lowest BCUT2D eigenvalue weighted by Gasteiger charge is -2.56. The Bertz CT molecular complexity index is 392. The van der Waals surface area contributed by atoms with E-state index in [0.29, 0.717) is 6.61 Å². The molecule has 0 aromatic heterocycles. The van der Waals surface area contributed by atoms with Crippen LogP contribution in [0.15, 0.2) is 0 Å². The molecule has 0 spiro atoms. The maximum absolute atomic E-state index is 13.2. The van der Waals surface area contributed by atoms with E-state index in [1.54, 1.807) is 7.11 Å². The second kappa shape index (κ2) is 8.15. The zero-order valence-electron chi connectivity index (χ0n) is 15.2. The smallest absolute Gasteiger partial charge is 0.231 e. The maximum atomic E-state index is 13.2. The molecule has 0 bridgehead atoms. The van der Waals surface area contributed by atoms with Gasteiger partial charge in [-0.2, -0.15) is 0 Å². The summed E-state index contributed by atoms with van der Waals surface area (Å²) in [6, 6.07) is 0.250. The summed E-state index contributed by atoms with van der Waals surface area (Å²) in [6.45, 7) is 9.46. The van der Waals surface area contributed by atoms with Gasteiger partial charge >= 0.3 is 0 Å². The molecule has 2 aliphatic rings. The van der Waals surface area contributed by atoms with Gasteiger partial charge in [0.05, 0.1) is 18.1 Å². The molecule has 1 amide bonds. The third-order valence-corrected chi connectivity index (χ3v) is 5.72. The largest absolute Gasteiger partial charge is 0.384 e. The van der Waals surface area contributed by atoms with Crippen LogP contribution in [0.2, 0.25) is 0 Å².